The molecule has 0 bridgehead atoms. The Bertz CT molecular complexity index is 1210. The van der Waals surface area contributed by atoms with Gasteiger partial charge in [-0.1, -0.05) is 50.1 Å². The lowest BCUT2D eigenvalue weighted by Crippen LogP contribution is -2.12. The fourth-order valence-electron chi connectivity index (χ4n) is 5.98. The Morgan fingerprint density at radius 3 is 2.05 bits per heavy atom. The SMILES string of the molecule is NC(=NO)c1ccc(OCCCCCOc2ccc(-c3nc(C4CCCCC4)sc3CC3CCCC3)cc2)cc1. The number of nitrogens with zero attached hydrogens (tertiary/aromatic N) is 2. The molecule has 40 heavy (non-hydrogen) atoms. The van der Waals surface area contributed by atoms with Gasteiger partial charge in [0, 0.05) is 21.9 Å². The van der Waals surface area contributed by atoms with E-state index in [1.165, 1.54) is 85.4 Å². The smallest absolute Gasteiger partial charge is 0.170 e. The summed E-state index contributed by atoms with van der Waals surface area (Å²) in [5.41, 5.74) is 8.72. The summed E-state index contributed by atoms with van der Waals surface area (Å²) >= 11 is 2.00. The molecule has 0 spiro atoms. The second kappa shape index (κ2) is 14.5. The van der Waals surface area contributed by atoms with E-state index in [2.05, 4.69) is 29.4 Å². The van der Waals surface area contributed by atoms with E-state index < -0.39 is 0 Å². The molecule has 0 saturated heterocycles. The molecule has 2 aliphatic carbocycles. The van der Waals surface area contributed by atoms with Crippen LogP contribution in [-0.2, 0) is 6.42 Å². The number of aromatic nitrogens is 1. The van der Waals surface area contributed by atoms with E-state index in [9.17, 15) is 0 Å². The topological polar surface area (TPSA) is 90.0 Å². The van der Waals surface area contributed by atoms with Gasteiger partial charge >= 0.3 is 0 Å². The Kier molecular flexibility index (Phi) is 10.3. The number of benzene rings is 2. The maximum atomic E-state index is 8.75. The number of rotatable bonds is 13. The second-order valence-electron chi connectivity index (χ2n) is 11.3. The van der Waals surface area contributed by atoms with Crippen LogP contribution in [0, 0.1) is 5.92 Å². The molecule has 214 valence electrons. The molecule has 3 N–H and O–H groups in total. The first-order valence-electron chi connectivity index (χ1n) is 15.1. The first-order valence-corrected chi connectivity index (χ1v) is 15.9. The number of thiazole rings is 1. The lowest BCUT2D eigenvalue weighted by Gasteiger charge is -2.18. The van der Waals surface area contributed by atoms with Crippen LogP contribution in [0.1, 0.15) is 98.4 Å². The molecular formula is C33H43N3O3S. The van der Waals surface area contributed by atoms with E-state index in [0.29, 0.717) is 24.7 Å². The highest BCUT2D eigenvalue weighted by Gasteiger charge is 2.24. The van der Waals surface area contributed by atoms with Gasteiger partial charge in [0.05, 0.1) is 23.9 Å². The minimum absolute atomic E-state index is 0.0946. The molecule has 2 aliphatic rings. The van der Waals surface area contributed by atoms with E-state index in [-0.39, 0.29) is 5.84 Å². The number of amidine groups is 1. The Labute approximate surface area is 242 Å². The normalized spacial score (nSPS) is 16.9. The van der Waals surface area contributed by atoms with Crippen LogP contribution in [0.2, 0.25) is 0 Å². The van der Waals surface area contributed by atoms with Crippen LogP contribution in [0.5, 0.6) is 11.5 Å². The fourth-order valence-corrected chi connectivity index (χ4v) is 7.36. The van der Waals surface area contributed by atoms with Gasteiger partial charge in [0.25, 0.3) is 0 Å². The highest BCUT2D eigenvalue weighted by Crippen LogP contribution is 2.41. The summed E-state index contributed by atoms with van der Waals surface area (Å²) < 4.78 is 11.8. The molecule has 5 rings (SSSR count). The van der Waals surface area contributed by atoms with Gasteiger partial charge in [0.2, 0.25) is 0 Å². The van der Waals surface area contributed by atoms with Gasteiger partial charge in [-0.15, -0.1) is 11.3 Å². The molecule has 0 aliphatic heterocycles. The zero-order valence-electron chi connectivity index (χ0n) is 23.5. The molecule has 2 aromatic carbocycles. The maximum absolute atomic E-state index is 8.75. The van der Waals surface area contributed by atoms with Crippen molar-refractivity contribution in [2.45, 2.75) is 89.4 Å². The van der Waals surface area contributed by atoms with E-state index in [1.54, 1.807) is 12.1 Å². The molecule has 2 saturated carbocycles. The highest BCUT2D eigenvalue weighted by molar-refractivity contribution is 7.12. The first-order chi connectivity index (χ1) is 19.7. The van der Waals surface area contributed by atoms with Crippen LogP contribution < -0.4 is 15.2 Å². The Balaban J connectivity index is 1.08. The van der Waals surface area contributed by atoms with Crippen molar-refractivity contribution >= 4 is 17.2 Å². The monoisotopic (exact) mass is 561 g/mol. The predicted octanol–water partition coefficient (Wildman–Crippen LogP) is 8.31. The third kappa shape index (κ3) is 7.78. The van der Waals surface area contributed by atoms with Gasteiger partial charge in [0.1, 0.15) is 11.5 Å². The molecule has 1 aromatic heterocycles. The molecule has 0 unspecified atom stereocenters. The van der Waals surface area contributed by atoms with E-state index in [1.807, 2.05) is 23.5 Å². The minimum Gasteiger partial charge on any atom is -0.494 e. The van der Waals surface area contributed by atoms with Gasteiger partial charge in [-0.2, -0.15) is 0 Å². The highest BCUT2D eigenvalue weighted by atomic mass is 32.1. The van der Waals surface area contributed by atoms with Crippen LogP contribution in [-0.4, -0.2) is 29.2 Å². The Morgan fingerprint density at radius 1 is 0.825 bits per heavy atom. The van der Waals surface area contributed by atoms with Crippen LogP contribution in [0.25, 0.3) is 11.3 Å². The summed E-state index contributed by atoms with van der Waals surface area (Å²) in [6.45, 7) is 1.35. The summed E-state index contributed by atoms with van der Waals surface area (Å²) in [5.74, 6) is 3.29. The van der Waals surface area contributed by atoms with E-state index >= 15 is 0 Å². The molecule has 3 aromatic rings. The van der Waals surface area contributed by atoms with Gasteiger partial charge in [-0.25, -0.2) is 4.98 Å². The summed E-state index contributed by atoms with van der Waals surface area (Å²) in [5, 5.41) is 13.1. The van der Waals surface area contributed by atoms with E-state index in [0.717, 1.165) is 36.7 Å². The average molecular weight is 562 g/mol. The Morgan fingerprint density at radius 2 is 1.43 bits per heavy atom. The summed E-state index contributed by atoms with van der Waals surface area (Å²) in [6, 6.07) is 15.8. The lowest BCUT2D eigenvalue weighted by atomic mass is 9.90. The van der Waals surface area contributed by atoms with Crippen molar-refractivity contribution in [1.29, 1.82) is 0 Å². The quantitative estimate of drug-likeness (QED) is 0.0720. The number of hydrogen-bond acceptors (Lipinski definition) is 6. The molecule has 1 heterocycles. The van der Waals surface area contributed by atoms with Crippen molar-refractivity contribution < 1.29 is 14.7 Å². The molecule has 6 nitrogen and oxygen atoms in total. The standard InChI is InChI=1S/C33H43N3O3S/c34-32(36-37)26-15-19-29(20-16-26)39-22-8-2-7-21-38-28-17-13-25(14-18-28)31-30(23-24-9-5-6-10-24)40-33(35-31)27-11-3-1-4-12-27/h13-20,24,27,37H,1-12,21-23H2,(H2,34,36). The maximum Gasteiger partial charge on any atom is 0.170 e. The van der Waals surface area contributed by atoms with Crippen LogP contribution in [0.4, 0.5) is 0 Å². The Hall–Kier alpha value is -3.06. The fraction of sp³-hybridized carbons (Fsp3) is 0.515. The molecule has 0 atom stereocenters. The van der Waals surface area contributed by atoms with Crippen molar-refractivity contribution in [1.82, 2.24) is 4.98 Å². The van der Waals surface area contributed by atoms with Crippen LogP contribution >= 0.6 is 11.3 Å². The van der Waals surface area contributed by atoms with Gasteiger partial charge in [-0.3, -0.25) is 0 Å². The lowest BCUT2D eigenvalue weighted by molar-refractivity contribution is 0.279. The number of nitrogens with two attached hydrogens (primary N) is 1. The van der Waals surface area contributed by atoms with Crippen LogP contribution in [0.15, 0.2) is 53.7 Å². The van der Waals surface area contributed by atoms with Gasteiger partial charge in [-0.05, 0) is 93.0 Å². The summed E-state index contributed by atoms with van der Waals surface area (Å²) in [6.07, 6.45) is 16.4. The first kappa shape index (κ1) is 28.5. The third-order valence-corrected chi connectivity index (χ3v) is 9.57. The van der Waals surface area contributed by atoms with Gasteiger partial charge < -0.3 is 20.4 Å². The summed E-state index contributed by atoms with van der Waals surface area (Å²) in [7, 11) is 0. The van der Waals surface area contributed by atoms with E-state index in [4.69, 9.17) is 25.4 Å². The zero-order chi connectivity index (χ0) is 27.6. The molecule has 2 fully saturated rings. The molecule has 0 amide bonds. The zero-order valence-corrected chi connectivity index (χ0v) is 24.3. The third-order valence-electron chi connectivity index (χ3n) is 8.33. The largest absolute Gasteiger partial charge is 0.494 e. The number of unbranched alkanes of at least 4 members (excludes halogenated alkanes) is 2. The van der Waals surface area contributed by atoms with Crippen molar-refractivity contribution in [3.63, 3.8) is 0 Å². The predicted molar refractivity (Wildman–Crippen MR) is 163 cm³/mol. The average Bonchev–Trinajstić information content (AvgIpc) is 3.68. The van der Waals surface area contributed by atoms with Crippen molar-refractivity contribution in [2.75, 3.05) is 13.2 Å². The van der Waals surface area contributed by atoms with Crippen molar-refractivity contribution in [2.24, 2.45) is 16.8 Å². The van der Waals surface area contributed by atoms with Crippen molar-refractivity contribution in [3.8, 4) is 22.8 Å². The minimum atomic E-state index is 0.0946. The number of ether oxygens (including phenoxy) is 2. The molecule has 0 radical (unpaired) electrons. The second-order valence-corrected chi connectivity index (χ2v) is 12.4. The van der Waals surface area contributed by atoms with Crippen LogP contribution in [0.3, 0.4) is 0 Å². The number of oxime groups is 1. The van der Waals surface area contributed by atoms with Gasteiger partial charge in [0.15, 0.2) is 5.84 Å². The summed E-state index contributed by atoms with van der Waals surface area (Å²) in [4.78, 5) is 6.76. The van der Waals surface area contributed by atoms with Crippen molar-refractivity contribution in [3.05, 3.63) is 64.0 Å². The molecule has 7 heteroatoms. The number of hydrogen-bond donors (Lipinski definition) is 2. The molecular weight excluding hydrogens is 518 g/mol.